The van der Waals surface area contributed by atoms with Crippen LogP contribution in [-0.2, 0) is 0 Å². The lowest BCUT2D eigenvalue weighted by Crippen LogP contribution is -2.34. The second-order valence-corrected chi connectivity index (χ2v) is 3.46. The first-order chi connectivity index (χ1) is 6.20. The molecule has 0 aliphatic rings. The van der Waals surface area contributed by atoms with Crippen LogP contribution in [0.3, 0.4) is 0 Å². The van der Waals surface area contributed by atoms with Crippen LogP contribution in [0.1, 0.15) is 12.8 Å². The maximum Gasteiger partial charge on any atom is 0.0788 e. The lowest BCUT2D eigenvalue weighted by Gasteiger charge is -2.19. The highest BCUT2D eigenvalue weighted by Gasteiger charge is 2.04. The Morgan fingerprint density at radius 2 is 2.15 bits per heavy atom. The van der Waals surface area contributed by atoms with Gasteiger partial charge in [-0.05, 0) is 40.0 Å². The molecule has 0 saturated carbocycles. The molecule has 4 heteroatoms. The maximum absolute atomic E-state index is 9.25. The van der Waals surface area contributed by atoms with Gasteiger partial charge in [-0.1, -0.05) is 0 Å². The second kappa shape index (κ2) is 8.44. The number of nitrogens with zero attached hydrogens (tertiary/aromatic N) is 1. The van der Waals surface area contributed by atoms with E-state index in [9.17, 15) is 5.11 Å². The molecule has 0 saturated heterocycles. The summed E-state index contributed by atoms with van der Waals surface area (Å²) < 4.78 is 0. The van der Waals surface area contributed by atoms with Crippen molar-refractivity contribution in [3.8, 4) is 0 Å². The number of nitrogens with two attached hydrogens (primary N) is 1. The van der Waals surface area contributed by atoms with Crippen molar-refractivity contribution in [1.82, 2.24) is 10.2 Å². The summed E-state index contributed by atoms with van der Waals surface area (Å²) in [6.07, 6.45) is 1.96. The Kier molecular flexibility index (Phi) is 8.33. The molecule has 1 unspecified atom stereocenters. The molecule has 0 aliphatic carbocycles. The summed E-state index contributed by atoms with van der Waals surface area (Å²) in [5, 5.41) is 12.4. The number of aliphatic hydroxyl groups is 1. The van der Waals surface area contributed by atoms with Gasteiger partial charge in [-0.2, -0.15) is 0 Å². The highest BCUT2D eigenvalue weighted by molar-refractivity contribution is 4.61. The molecule has 0 aromatic rings. The number of rotatable bonds is 8. The van der Waals surface area contributed by atoms with Gasteiger partial charge in [0.25, 0.3) is 0 Å². The Morgan fingerprint density at radius 1 is 1.46 bits per heavy atom. The predicted octanol–water partition coefficient (Wildman–Crippen LogP) is -0.763. The summed E-state index contributed by atoms with van der Waals surface area (Å²) >= 11 is 0. The third-order valence-corrected chi connectivity index (χ3v) is 2.01. The molecule has 0 rings (SSSR count). The van der Waals surface area contributed by atoms with Gasteiger partial charge < -0.3 is 21.1 Å². The number of aliphatic hydroxyl groups excluding tert-OH is 1. The van der Waals surface area contributed by atoms with Crippen molar-refractivity contribution in [3.63, 3.8) is 0 Å². The molecule has 0 bridgehead atoms. The van der Waals surface area contributed by atoms with Crippen molar-refractivity contribution in [2.24, 2.45) is 5.73 Å². The first kappa shape index (κ1) is 12.8. The number of nitrogens with one attached hydrogen (secondary N) is 1. The summed E-state index contributed by atoms with van der Waals surface area (Å²) in [7, 11) is 3.97. The van der Waals surface area contributed by atoms with Gasteiger partial charge in [0.05, 0.1) is 6.10 Å². The first-order valence-electron chi connectivity index (χ1n) is 4.92. The Bertz CT molecular complexity index is 111. The van der Waals surface area contributed by atoms with Crippen LogP contribution in [0.25, 0.3) is 0 Å². The summed E-state index contributed by atoms with van der Waals surface area (Å²) in [5.41, 5.74) is 5.31. The standard InChI is InChI=1S/C9H23N3O/c1-11-5-3-4-6-12(2)8-9(13)7-10/h9,11,13H,3-8,10H2,1-2H3. The zero-order valence-electron chi connectivity index (χ0n) is 8.79. The normalized spacial score (nSPS) is 13.6. The number of unbranched alkanes of at least 4 members (excludes halogenated alkanes) is 1. The maximum atomic E-state index is 9.25. The van der Waals surface area contributed by atoms with Crippen LogP contribution in [0, 0.1) is 0 Å². The van der Waals surface area contributed by atoms with E-state index in [1.807, 2.05) is 14.1 Å². The van der Waals surface area contributed by atoms with Gasteiger partial charge in [-0.15, -0.1) is 0 Å². The van der Waals surface area contributed by atoms with Gasteiger partial charge in [0.1, 0.15) is 0 Å². The number of likely N-dealkylation sites (N-methyl/N-ethyl adjacent to an activating group) is 1. The topological polar surface area (TPSA) is 61.5 Å². The minimum absolute atomic E-state index is 0.348. The lowest BCUT2D eigenvalue weighted by molar-refractivity contribution is 0.131. The van der Waals surface area contributed by atoms with E-state index in [1.54, 1.807) is 0 Å². The number of hydrogen-bond donors (Lipinski definition) is 3. The molecule has 0 radical (unpaired) electrons. The molecular formula is C9H23N3O. The smallest absolute Gasteiger partial charge is 0.0788 e. The molecule has 0 amide bonds. The van der Waals surface area contributed by atoms with Crippen LogP contribution in [0.5, 0.6) is 0 Å². The molecule has 0 aliphatic heterocycles. The second-order valence-electron chi connectivity index (χ2n) is 3.46. The average Bonchev–Trinajstić information content (AvgIpc) is 2.12. The van der Waals surface area contributed by atoms with Crippen molar-refractivity contribution in [2.75, 3.05) is 40.3 Å². The van der Waals surface area contributed by atoms with E-state index < -0.39 is 0 Å². The van der Waals surface area contributed by atoms with Gasteiger partial charge in [0.2, 0.25) is 0 Å². The van der Waals surface area contributed by atoms with E-state index in [0.29, 0.717) is 13.1 Å². The predicted molar refractivity (Wildman–Crippen MR) is 55.7 cm³/mol. The van der Waals surface area contributed by atoms with Crippen LogP contribution in [0.15, 0.2) is 0 Å². The monoisotopic (exact) mass is 189 g/mol. The fraction of sp³-hybridized carbons (Fsp3) is 1.00. The quantitative estimate of drug-likeness (QED) is 0.439. The minimum atomic E-state index is -0.380. The van der Waals surface area contributed by atoms with Crippen LogP contribution < -0.4 is 11.1 Å². The summed E-state index contributed by atoms with van der Waals surface area (Å²) in [5.74, 6) is 0. The van der Waals surface area contributed by atoms with Gasteiger partial charge in [0, 0.05) is 13.1 Å². The lowest BCUT2D eigenvalue weighted by atomic mass is 10.2. The van der Waals surface area contributed by atoms with Gasteiger partial charge >= 0.3 is 0 Å². The molecule has 0 spiro atoms. The van der Waals surface area contributed by atoms with Crippen LogP contribution in [0.4, 0.5) is 0 Å². The molecule has 0 heterocycles. The molecular weight excluding hydrogens is 166 g/mol. The van der Waals surface area contributed by atoms with Crippen molar-refractivity contribution in [1.29, 1.82) is 0 Å². The van der Waals surface area contributed by atoms with E-state index in [1.165, 1.54) is 6.42 Å². The molecule has 80 valence electrons. The molecule has 0 aromatic carbocycles. The van der Waals surface area contributed by atoms with Gasteiger partial charge in [0.15, 0.2) is 0 Å². The summed E-state index contributed by atoms with van der Waals surface area (Å²) in [4.78, 5) is 2.12. The van der Waals surface area contributed by atoms with Crippen molar-refractivity contribution < 1.29 is 5.11 Å². The fourth-order valence-corrected chi connectivity index (χ4v) is 1.21. The Balaban J connectivity index is 3.24. The van der Waals surface area contributed by atoms with Gasteiger partial charge in [-0.25, -0.2) is 0 Å². The highest BCUT2D eigenvalue weighted by atomic mass is 16.3. The largest absolute Gasteiger partial charge is 0.390 e. The van der Waals surface area contributed by atoms with Crippen LogP contribution in [-0.4, -0.2) is 56.4 Å². The Morgan fingerprint density at radius 3 is 2.69 bits per heavy atom. The fourth-order valence-electron chi connectivity index (χ4n) is 1.21. The molecule has 4 nitrogen and oxygen atoms in total. The molecule has 0 aromatic heterocycles. The molecule has 13 heavy (non-hydrogen) atoms. The molecule has 1 atom stereocenters. The molecule has 0 fully saturated rings. The van der Waals surface area contributed by atoms with E-state index >= 15 is 0 Å². The van der Waals surface area contributed by atoms with E-state index in [0.717, 1.165) is 19.5 Å². The SMILES string of the molecule is CNCCCCN(C)CC(O)CN. The summed E-state index contributed by atoms with van der Waals surface area (Å²) in [6, 6.07) is 0. The van der Waals surface area contributed by atoms with Crippen molar-refractivity contribution in [3.05, 3.63) is 0 Å². The zero-order valence-corrected chi connectivity index (χ0v) is 8.79. The average molecular weight is 189 g/mol. The van der Waals surface area contributed by atoms with E-state index in [-0.39, 0.29) is 6.10 Å². The minimum Gasteiger partial charge on any atom is -0.390 e. The zero-order chi connectivity index (χ0) is 10.1. The Hall–Kier alpha value is -0.160. The third kappa shape index (κ3) is 8.18. The molecule has 4 N–H and O–H groups in total. The number of hydrogen-bond acceptors (Lipinski definition) is 4. The first-order valence-corrected chi connectivity index (χ1v) is 4.92. The van der Waals surface area contributed by atoms with Gasteiger partial charge in [-0.3, -0.25) is 0 Å². The van der Waals surface area contributed by atoms with Crippen molar-refractivity contribution >= 4 is 0 Å². The third-order valence-electron chi connectivity index (χ3n) is 2.01. The summed E-state index contributed by atoms with van der Waals surface area (Å²) in [6.45, 7) is 3.11. The van der Waals surface area contributed by atoms with Crippen LogP contribution in [0.2, 0.25) is 0 Å². The van der Waals surface area contributed by atoms with Crippen LogP contribution >= 0.6 is 0 Å². The Labute approximate surface area is 81.1 Å². The van der Waals surface area contributed by atoms with E-state index in [2.05, 4.69) is 10.2 Å². The van der Waals surface area contributed by atoms with E-state index in [4.69, 9.17) is 5.73 Å². The highest BCUT2D eigenvalue weighted by Crippen LogP contribution is 1.93. The van der Waals surface area contributed by atoms with Crippen molar-refractivity contribution in [2.45, 2.75) is 18.9 Å².